The van der Waals surface area contributed by atoms with Crippen molar-refractivity contribution in [1.29, 1.82) is 0 Å². The van der Waals surface area contributed by atoms with E-state index in [9.17, 15) is 4.79 Å². The lowest BCUT2D eigenvalue weighted by atomic mass is 10.2. The standard InChI is InChI=1S/C15H14ClNO2S/c1-2-19-15(18)13-9-11(17)5-8-14(13)20-12-6-3-10(16)4-7-12/h3-9H,2,17H2,1H3. The lowest BCUT2D eigenvalue weighted by Crippen LogP contribution is -2.06. The highest BCUT2D eigenvalue weighted by molar-refractivity contribution is 7.99. The van der Waals surface area contributed by atoms with Gasteiger partial charge in [0.25, 0.3) is 0 Å². The minimum absolute atomic E-state index is 0.332. The first-order valence-electron chi connectivity index (χ1n) is 6.10. The van der Waals surface area contributed by atoms with E-state index in [0.29, 0.717) is 22.9 Å². The van der Waals surface area contributed by atoms with Crippen LogP contribution >= 0.6 is 23.4 Å². The molecule has 0 aliphatic heterocycles. The number of hydrogen-bond donors (Lipinski definition) is 1. The van der Waals surface area contributed by atoms with Gasteiger partial charge in [0.05, 0.1) is 12.2 Å². The second kappa shape index (κ2) is 6.68. The Hall–Kier alpha value is -1.65. The van der Waals surface area contributed by atoms with Gasteiger partial charge in [0.1, 0.15) is 0 Å². The van der Waals surface area contributed by atoms with Crippen LogP contribution in [0.3, 0.4) is 0 Å². The number of carbonyl (C=O) groups is 1. The maximum Gasteiger partial charge on any atom is 0.339 e. The third kappa shape index (κ3) is 3.68. The van der Waals surface area contributed by atoms with Crippen molar-refractivity contribution in [1.82, 2.24) is 0 Å². The van der Waals surface area contributed by atoms with Crippen molar-refractivity contribution in [3.8, 4) is 0 Å². The van der Waals surface area contributed by atoms with Gasteiger partial charge >= 0.3 is 5.97 Å². The van der Waals surface area contributed by atoms with E-state index in [-0.39, 0.29) is 5.97 Å². The average molecular weight is 308 g/mol. The van der Waals surface area contributed by atoms with Gasteiger partial charge in [-0.3, -0.25) is 0 Å². The van der Waals surface area contributed by atoms with Crippen LogP contribution in [-0.2, 0) is 4.74 Å². The van der Waals surface area contributed by atoms with E-state index in [1.165, 1.54) is 11.8 Å². The number of hydrogen-bond acceptors (Lipinski definition) is 4. The van der Waals surface area contributed by atoms with Crippen LogP contribution in [0, 0.1) is 0 Å². The smallest absolute Gasteiger partial charge is 0.339 e. The second-order valence-electron chi connectivity index (χ2n) is 4.03. The average Bonchev–Trinajstić information content (AvgIpc) is 2.43. The van der Waals surface area contributed by atoms with Gasteiger partial charge in [-0.05, 0) is 49.4 Å². The minimum Gasteiger partial charge on any atom is -0.462 e. The van der Waals surface area contributed by atoms with E-state index < -0.39 is 0 Å². The summed E-state index contributed by atoms with van der Waals surface area (Å²) in [6, 6.07) is 12.6. The number of ether oxygens (including phenoxy) is 1. The molecule has 3 nitrogen and oxygen atoms in total. The summed E-state index contributed by atoms with van der Waals surface area (Å²) in [5.74, 6) is -0.365. The molecule has 0 atom stereocenters. The fraction of sp³-hybridized carbons (Fsp3) is 0.133. The van der Waals surface area contributed by atoms with Crippen molar-refractivity contribution < 1.29 is 9.53 Å². The Labute approximate surface area is 127 Å². The van der Waals surface area contributed by atoms with Crippen LogP contribution < -0.4 is 5.73 Å². The van der Waals surface area contributed by atoms with E-state index in [0.717, 1.165) is 9.79 Å². The minimum atomic E-state index is -0.365. The Morgan fingerprint density at radius 3 is 2.60 bits per heavy atom. The third-order valence-electron chi connectivity index (χ3n) is 2.54. The molecular weight excluding hydrogens is 294 g/mol. The predicted octanol–water partition coefficient (Wildman–Crippen LogP) is 4.25. The summed E-state index contributed by atoms with van der Waals surface area (Å²) >= 11 is 7.33. The SMILES string of the molecule is CCOC(=O)c1cc(N)ccc1Sc1ccc(Cl)cc1. The molecule has 2 aromatic carbocycles. The molecule has 0 spiro atoms. The number of rotatable bonds is 4. The zero-order valence-corrected chi connectivity index (χ0v) is 12.5. The molecule has 2 rings (SSSR count). The highest BCUT2D eigenvalue weighted by Crippen LogP contribution is 2.32. The van der Waals surface area contributed by atoms with Crippen molar-refractivity contribution >= 4 is 35.0 Å². The number of benzene rings is 2. The first kappa shape index (κ1) is 14.8. The van der Waals surface area contributed by atoms with Gasteiger partial charge in [-0.25, -0.2) is 4.79 Å². The van der Waals surface area contributed by atoms with Crippen LogP contribution in [0.15, 0.2) is 52.3 Å². The molecule has 0 aromatic heterocycles. The van der Waals surface area contributed by atoms with Crippen LogP contribution in [0.5, 0.6) is 0 Å². The number of anilines is 1. The van der Waals surface area contributed by atoms with Crippen LogP contribution in [-0.4, -0.2) is 12.6 Å². The molecule has 0 saturated heterocycles. The summed E-state index contributed by atoms with van der Waals surface area (Å²) in [7, 11) is 0. The zero-order valence-electron chi connectivity index (χ0n) is 10.9. The Morgan fingerprint density at radius 2 is 1.95 bits per heavy atom. The van der Waals surface area contributed by atoms with Crippen LogP contribution in [0.1, 0.15) is 17.3 Å². The topological polar surface area (TPSA) is 52.3 Å². The van der Waals surface area contributed by atoms with Crippen molar-refractivity contribution in [3.05, 3.63) is 53.1 Å². The summed E-state index contributed by atoms with van der Waals surface area (Å²) in [6.07, 6.45) is 0. The van der Waals surface area contributed by atoms with Gasteiger partial charge in [-0.1, -0.05) is 23.4 Å². The fourth-order valence-corrected chi connectivity index (χ4v) is 2.67. The molecular formula is C15H14ClNO2S. The molecule has 0 unspecified atom stereocenters. The van der Waals surface area contributed by atoms with E-state index in [1.807, 2.05) is 30.3 Å². The van der Waals surface area contributed by atoms with Crippen LogP contribution in [0.25, 0.3) is 0 Å². The molecule has 104 valence electrons. The quantitative estimate of drug-likeness (QED) is 0.677. The Morgan fingerprint density at radius 1 is 1.25 bits per heavy atom. The molecule has 0 saturated carbocycles. The maximum atomic E-state index is 11.9. The molecule has 0 aliphatic carbocycles. The monoisotopic (exact) mass is 307 g/mol. The van der Waals surface area contributed by atoms with Crippen molar-refractivity contribution in [2.75, 3.05) is 12.3 Å². The summed E-state index contributed by atoms with van der Waals surface area (Å²) in [5.41, 5.74) is 6.75. The molecule has 0 fully saturated rings. The lowest BCUT2D eigenvalue weighted by molar-refractivity contribution is 0.0522. The first-order valence-corrected chi connectivity index (χ1v) is 7.29. The Kier molecular flexibility index (Phi) is 4.93. The van der Waals surface area contributed by atoms with Gasteiger partial charge in [0.15, 0.2) is 0 Å². The van der Waals surface area contributed by atoms with Gasteiger partial charge < -0.3 is 10.5 Å². The normalized spacial score (nSPS) is 10.3. The summed E-state index contributed by atoms with van der Waals surface area (Å²) in [4.78, 5) is 13.7. The highest BCUT2D eigenvalue weighted by Gasteiger charge is 2.14. The number of nitrogen functional groups attached to an aromatic ring is 1. The number of halogens is 1. The maximum absolute atomic E-state index is 11.9. The number of nitrogens with two attached hydrogens (primary N) is 1. The highest BCUT2D eigenvalue weighted by atomic mass is 35.5. The Bertz CT molecular complexity index is 614. The largest absolute Gasteiger partial charge is 0.462 e. The molecule has 5 heteroatoms. The molecule has 20 heavy (non-hydrogen) atoms. The van der Waals surface area contributed by atoms with E-state index in [1.54, 1.807) is 19.1 Å². The van der Waals surface area contributed by atoms with E-state index in [2.05, 4.69) is 0 Å². The Balaban J connectivity index is 2.31. The summed E-state index contributed by atoms with van der Waals surface area (Å²) < 4.78 is 5.05. The molecule has 0 heterocycles. The lowest BCUT2D eigenvalue weighted by Gasteiger charge is -2.09. The molecule has 0 aliphatic rings. The van der Waals surface area contributed by atoms with E-state index in [4.69, 9.17) is 22.1 Å². The molecule has 2 N–H and O–H groups in total. The summed E-state index contributed by atoms with van der Waals surface area (Å²) in [6.45, 7) is 2.11. The van der Waals surface area contributed by atoms with E-state index >= 15 is 0 Å². The third-order valence-corrected chi connectivity index (χ3v) is 3.88. The molecule has 2 aromatic rings. The van der Waals surface area contributed by atoms with Gasteiger partial charge in [-0.15, -0.1) is 0 Å². The second-order valence-corrected chi connectivity index (χ2v) is 5.58. The van der Waals surface area contributed by atoms with Crippen molar-refractivity contribution in [2.24, 2.45) is 0 Å². The fourth-order valence-electron chi connectivity index (χ4n) is 1.63. The van der Waals surface area contributed by atoms with Gasteiger partial charge in [-0.2, -0.15) is 0 Å². The molecule has 0 radical (unpaired) electrons. The van der Waals surface area contributed by atoms with Crippen LogP contribution in [0.2, 0.25) is 5.02 Å². The molecule has 0 amide bonds. The van der Waals surface area contributed by atoms with Crippen molar-refractivity contribution in [2.45, 2.75) is 16.7 Å². The van der Waals surface area contributed by atoms with Crippen LogP contribution in [0.4, 0.5) is 5.69 Å². The summed E-state index contributed by atoms with van der Waals surface area (Å²) in [5, 5.41) is 0.678. The molecule has 0 bridgehead atoms. The zero-order chi connectivity index (χ0) is 14.5. The first-order chi connectivity index (χ1) is 9.60. The number of carbonyl (C=O) groups excluding carboxylic acids is 1. The van der Waals surface area contributed by atoms with Crippen molar-refractivity contribution in [3.63, 3.8) is 0 Å². The number of esters is 1. The predicted molar refractivity (Wildman–Crippen MR) is 82.4 cm³/mol. The van der Waals surface area contributed by atoms with Gasteiger partial charge in [0, 0.05) is 20.5 Å². The van der Waals surface area contributed by atoms with Gasteiger partial charge in [0.2, 0.25) is 0 Å².